The second-order valence-corrected chi connectivity index (χ2v) is 4.52. The molecule has 1 heterocycles. The van der Waals surface area contributed by atoms with E-state index in [1.54, 1.807) is 0 Å². The molecule has 3 heteroatoms. The quantitative estimate of drug-likeness (QED) is 0.572. The van der Waals surface area contributed by atoms with Crippen LogP contribution in [0.2, 0.25) is 0 Å². The van der Waals surface area contributed by atoms with Gasteiger partial charge in [-0.3, -0.25) is 4.79 Å². The second-order valence-electron chi connectivity index (χ2n) is 4.52. The molecule has 0 aromatic heterocycles. The van der Waals surface area contributed by atoms with E-state index in [4.69, 9.17) is 9.47 Å². The van der Waals surface area contributed by atoms with Crippen LogP contribution in [-0.2, 0) is 14.3 Å². The zero-order valence-electron chi connectivity index (χ0n) is 8.37. The molecule has 0 aromatic rings. The van der Waals surface area contributed by atoms with Crippen LogP contribution in [0.15, 0.2) is 0 Å². The van der Waals surface area contributed by atoms with Crippen molar-refractivity contribution in [2.24, 2.45) is 5.92 Å². The molecule has 1 unspecified atom stereocenters. The van der Waals surface area contributed by atoms with E-state index in [0.29, 0.717) is 12.2 Å². The van der Waals surface area contributed by atoms with Crippen molar-refractivity contribution in [1.29, 1.82) is 0 Å². The number of ether oxygens (including phenoxy) is 2. The fourth-order valence-electron chi connectivity index (χ4n) is 2.16. The molecule has 13 heavy (non-hydrogen) atoms. The lowest BCUT2D eigenvalue weighted by Gasteiger charge is -2.25. The molecule has 0 spiro atoms. The van der Waals surface area contributed by atoms with E-state index < -0.39 is 5.79 Å². The predicted octanol–water partition coefficient (Wildman–Crippen LogP) is 1.51. The Morgan fingerprint density at radius 2 is 1.92 bits per heavy atom. The number of Topliss-reactive ketones (excluding diaryl/α,β-unsaturated/α-hetero) is 1. The first-order valence-corrected chi connectivity index (χ1v) is 4.86. The number of carbonyl (C=O) groups excluding carboxylic acids is 1. The maximum absolute atomic E-state index is 11.4. The van der Waals surface area contributed by atoms with E-state index >= 15 is 0 Å². The van der Waals surface area contributed by atoms with Gasteiger partial charge in [0.05, 0.1) is 12.2 Å². The number of ketones is 1. The van der Waals surface area contributed by atoms with E-state index in [2.05, 4.69) is 0 Å². The minimum Gasteiger partial charge on any atom is -0.345 e. The van der Waals surface area contributed by atoms with Crippen LogP contribution in [0.4, 0.5) is 0 Å². The summed E-state index contributed by atoms with van der Waals surface area (Å²) < 4.78 is 11.3. The van der Waals surface area contributed by atoms with Crippen molar-refractivity contribution >= 4 is 5.78 Å². The molecular formula is C10H16O3. The normalized spacial score (nSPS) is 43.3. The van der Waals surface area contributed by atoms with Gasteiger partial charge in [0.25, 0.3) is 0 Å². The fraction of sp³-hybridized carbons (Fsp3) is 0.900. The van der Waals surface area contributed by atoms with E-state index in [1.807, 2.05) is 20.8 Å². The molecule has 3 nitrogen and oxygen atoms in total. The van der Waals surface area contributed by atoms with Gasteiger partial charge in [-0.2, -0.15) is 0 Å². The smallest absolute Gasteiger partial charge is 0.163 e. The molecule has 0 bridgehead atoms. The number of hydrogen-bond donors (Lipinski definition) is 0. The number of carbonyl (C=O) groups is 1. The van der Waals surface area contributed by atoms with Gasteiger partial charge in [-0.15, -0.1) is 0 Å². The summed E-state index contributed by atoms with van der Waals surface area (Å²) in [6.45, 7) is 5.77. The standard InChI is InChI=1S/C10H16O3/c1-6-4-8-9(5-7(6)11)13-10(2,3)12-8/h6,8-9H,4-5H2,1-3H3/t6-,8?,9-/m1/s1. The van der Waals surface area contributed by atoms with E-state index in [9.17, 15) is 4.79 Å². The zero-order valence-corrected chi connectivity index (χ0v) is 8.37. The van der Waals surface area contributed by atoms with Gasteiger partial charge in [0.1, 0.15) is 5.78 Å². The SMILES string of the molecule is C[C@@H]1CC2OC(C)(C)O[C@@H]2CC1=O. The van der Waals surface area contributed by atoms with Gasteiger partial charge >= 0.3 is 0 Å². The van der Waals surface area contributed by atoms with Gasteiger partial charge in [0.2, 0.25) is 0 Å². The lowest BCUT2D eigenvalue weighted by atomic mass is 9.86. The van der Waals surface area contributed by atoms with Crippen LogP contribution in [0.25, 0.3) is 0 Å². The molecule has 2 rings (SSSR count). The third-order valence-corrected chi connectivity index (χ3v) is 2.82. The van der Waals surface area contributed by atoms with Crippen LogP contribution >= 0.6 is 0 Å². The first-order chi connectivity index (χ1) is 5.98. The predicted molar refractivity (Wildman–Crippen MR) is 47.2 cm³/mol. The lowest BCUT2D eigenvalue weighted by molar-refractivity contribution is -0.146. The second kappa shape index (κ2) is 2.79. The van der Waals surface area contributed by atoms with Gasteiger partial charge in [-0.25, -0.2) is 0 Å². The Hall–Kier alpha value is -0.410. The Morgan fingerprint density at radius 3 is 2.62 bits per heavy atom. The minimum atomic E-state index is -0.500. The Kier molecular flexibility index (Phi) is 1.96. The number of hydrogen-bond acceptors (Lipinski definition) is 3. The first kappa shape index (κ1) is 9.16. The summed E-state index contributed by atoms with van der Waals surface area (Å²) in [5, 5.41) is 0. The molecule has 1 aliphatic heterocycles. The average molecular weight is 184 g/mol. The Morgan fingerprint density at radius 1 is 1.31 bits per heavy atom. The molecular weight excluding hydrogens is 168 g/mol. The van der Waals surface area contributed by atoms with Crippen LogP contribution in [-0.4, -0.2) is 23.8 Å². The highest BCUT2D eigenvalue weighted by Gasteiger charge is 2.46. The monoisotopic (exact) mass is 184 g/mol. The molecule has 2 fully saturated rings. The van der Waals surface area contributed by atoms with Crippen molar-refractivity contribution in [2.75, 3.05) is 0 Å². The summed E-state index contributed by atoms with van der Waals surface area (Å²) in [7, 11) is 0. The van der Waals surface area contributed by atoms with Gasteiger partial charge in [-0.05, 0) is 20.3 Å². The number of fused-ring (bicyclic) bond motifs is 1. The largest absolute Gasteiger partial charge is 0.345 e. The van der Waals surface area contributed by atoms with Gasteiger partial charge in [0.15, 0.2) is 5.79 Å². The molecule has 0 amide bonds. The highest BCUT2D eigenvalue weighted by Crippen LogP contribution is 2.37. The Bertz CT molecular complexity index is 234. The molecule has 0 aromatic carbocycles. The maximum Gasteiger partial charge on any atom is 0.163 e. The summed E-state index contributed by atoms with van der Waals surface area (Å²) in [5.41, 5.74) is 0. The van der Waals surface area contributed by atoms with Crippen molar-refractivity contribution in [2.45, 2.75) is 51.6 Å². The highest BCUT2D eigenvalue weighted by atomic mass is 16.7. The van der Waals surface area contributed by atoms with E-state index in [0.717, 1.165) is 6.42 Å². The van der Waals surface area contributed by atoms with Crippen molar-refractivity contribution in [3.63, 3.8) is 0 Å². The summed E-state index contributed by atoms with van der Waals surface area (Å²) in [5.74, 6) is -0.0547. The summed E-state index contributed by atoms with van der Waals surface area (Å²) in [6, 6.07) is 0. The molecule has 0 N–H and O–H groups in total. The average Bonchev–Trinajstić information content (AvgIpc) is 2.24. The first-order valence-electron chi connectivity index (χ1n) is 4.86. The molecule has 1 aliphatic carbocycles. The summed E-state index contributed by atoms with van der Waals surface area (Å²) in [6.07, 6.45) is 1.46. The van der Waals surface area contributed by atoms with E-state index in [1.165, 1.54) is 0 Å². The van der Waals surface area contributed by atoms with Crippen molar-refractivity contribution in [3.8, 4) is 0 Å². The molecule has 74 valence electrons. The number of rotatable bonds is 0. The maximum atomic E-state index is 11.4. The minimum absolute atomic E-state index is 0.00120. The van der Waals surface area contributed by atoms with Crippen LogP contribution in [0, 0.1) is 5.92 Å². The van der Waals surface area contributed by atoms with E-state index in [-0.39, 0.29) is 18.1 Å². The van der Waals surface area contributed by atoms with Crippen LogP contribution < -0.4 is 0 Å². The van der Waals surface area contributed by atoms with Crippen molar-refractivity contribution in [1.82, 2.24) is 0 Å². The topological polar surface area (TPSA) is 35.5 Å². The van der Waals surface area contributed by atoms with Crippen LogP contribution in [0.1, 0.15) is 33.6 Å². The molecule has 2 aliphatic rings. The molecule has 0 radical (unpaired) electrons. The highest BCUT2D eigenvalue weighted by molar-refractivity contribution is 5.82. The van der Waals surface area contributed by atoms with Crippen molar-refractivity contribution in [3.05, 3.63) is 0 Å². The fourth-order valence-corrected chi connectivity index (χ4v) is 2.16. The molecule has 1 saturated heterocycles. The van der Waals surface area contributed by atoms with Gasteiger partial charge < -0.3 is 9.47 Å². The third kappa shape index (κ3) is 1.63. The molecule has 1 saturated carbocycles. The van der Waals surface area contributed by atoms with Gasteiger partial charge in [0, 0.05) is 12.3 Å². The Balaban J connectivity index is 2.10. The third-order valence-electron chi connectivity index (χ3n) is 2.82. The molecule has 3 atom stereocenters. The summed E-state index contributed by atoms with van der Waals surface area (Å²) >= 11 is 0. The summed E-state index contributed by atoms with van der Waals surface area (Å²) in [4.78, 5) is 11.4. The zero-order chi connectivity index (χ0) is 9.64. The Labute approximate surface area is 78.4 Å². The van der Waals surface area contributed by atoms with Crippen LogP contribution in [0.3, 0.4) is 0 Å². The van der Waals surface area contributed by atoms with Crippen LogP contribution in [0.5, 0.6) is 0 Å². The lowest BCUT2D eigenvalue weighted by Crippen LogP contribution is -2.36. The van der Waals surface area contributed by atoms with Gasteiger partial charge in [-0.1, -0.05) is 6.92 Å². The van der Waals surface area contributed by atoms with Crippen molar-refractivity contribution < 1.29 is 14.3 Å².